The Labute approximate surface area is 147 Å². The molecule has 3 heterocycles. The Bertz CT molecular complexity index is 828. The summed E-state index contributed by atoms with van der Waals surface area (Å²) in [6.45, 7) is 4.12. The number of aryl methyl sites for hydroxylation is 2. The minimum atomic E-state index is -0.374. The molecule has 2 aromatic rings. The van der Waals surface area contributed by atoms with Crippen LogP contribution in [0.4, 0.5) is 0 Å². The van der Waals surface area contributed by atoms with E-state index in [1.54, 1.807) is 4.57 Å². The van der Waals surface area contributed by atoms with E-state index in [1.807, 2.05) is 36.1 Å². The summed E-state index contributed by atoms with van der Waals surface area (Å²) in [6, 6.07) is 7.74. The molecule has 0 N–H and O–H groups in total. The first kappa shape index (κ1) is 16.1. The van der Waals surface area contributed by atoms with Gasteiger partial charge in [0.05, 0.1) is 6.54 Å². The molecule has 25 heavy (non-hydrogen) atoms. The Hall–Kier alpha value is -2.37. The molecule has 1 saturated heterocycles. The third kappa shape index (κ3) is 3.01. The molecular formula is C19H24N4O2. The van der Waals surface area contributed by atoms with E-state index in [9.17, 15) is 9.59 Å². The van der Waals surface area contributed by atoms with Gasteiger partial charge in [0.2, 0.25) is 5.91 Å². The number of carbonyl (C=O) groups excluding carboxylic acids is 1. The van der Waals surface area contributed by atoms with Gasteiger partial charge in [-0.15, -0.1) is 0 Å². The zero-order valence-corrected chi connectivity index (χ0v) is 14.6. The van der Waals surface area contributed by atoms with Crippen LogP contribution >= 0.6 is 0 Å². The van der Waals surface area contributed by atoms with E-state index >= 15 is 0 Å². The number of amides is 1. The van der Waals surface area contributed by atoms with Gasteiger partial charge in [-0.25, -0.2) is 9.48 Å². The van der Waals surface area contributed by atoms with Crippen LogP contribution in [0.15, 0.2) is 29.1 Å². The highest BCUT2D eigenvalue weighted by molar-refractivity contribution is 5.80. The van der Waals surface area contributed by atoms with Gasteiger partial charge in [0.25, 0.3) is 0 Å². The number of nitrogens with zero attached hydrogens (tertiary/aromatic N) is 4. The van der Waals surface area contributed by atoms with Crippen LogP contribution in [0.1, 0.15) is 48.7 Å². The monoisotopic (exact) mass is 340 g/mol. The Morgan fingerprint density at radius 2 is 1.88 bits per heavy atom. The number of carbonyl (C=O) groups is 1. The van der Waals surface area contributed by atoms with Gasteiger partial charge < -0.3 is 4.90 Å². The van der Waals surface area contributed by atoms with E-state index in [0.717, 1.165) is 56.6 Å². The van der Waals surface area contributed by atoms with Crippen molar-refractivity contribution in [2.75, 3.05) is 13.1 Å². The normalized spacial score (nSPS) is 19.9. The quantitative estimate of drug-likeness (QED) is 0.857. The highest BCUT2D eigenvalue weighted by Crippen LogP contribution is 2.25. The topological polar surface area (TPSA) is 60.1 Å². The highest BCUT2D eigenvalue weighted by atomic mass is 16.2. The molecule has 1 aromatic heterocycles. The Morgan fingerprint density at radius 3 is 2.60 bits per heavy atom. The second kappa shape index (κ2) is 6.50. The molecule has 1 amide bonds. The largest absolute Gasteiger partial charge is 0.346 e. The highest BCUT2D eigenvalue weighted by Gasteiger charge is 2.34. The van der Waals surface area contributed by atoms with Crippen LogP contribution in [0.2, 0.25) is 0 Å². The number of aromatic nitrogens is 3. The second-order valence-electron chi connectivity index (χ2n) is 7.15. The summed E-state index contributed by atoms with van der Waals surface area (Å²) in [7, 11) is 0. The molecule has 0 spiro atoms. The average molecular weight is 340 g/mol. The zero-order chi connectivity index (χ0) is 17.4. The number of likely N-dealkylation sites (tertiary alicyclic amines) is 1. The predicted molar refractivity (Wildman–Crippen MR) is 94.6 cm³/mol. The van der Waals surface area contributed by atoms with E-state index in [2.05, 4.69) is 5.10 Å². The molecule has 1 aromatic carbocycles. The van der Waals surface area contributed by atoms with Crippen molar-refractivity contribution >= 4 is 5.91 Å². The molecule has 0 unspecified atom stereocenters. The predicted octanol–water partition coefficient (Wildman–Crippen LogP) is 1.90. The molecule has 4 rings (SSSR count). The lowest BCUT2D eigenvalue weighted by molar-refractivity contribution is -0.134. The Kier molecular flexibility index (Phi) is 4.19. The van der Waals surface area contributed by atoms with Gasteiger partial charge in [-0.3, -0.25) is 9.36 Å². The maximum Gasteiger partial charge on any atom is 0.346 e. The summed E-state index contributed by atoms with van der Waals surface area (Å²) in [4.78, 5) is 27.7. The smallest absolute Gasteiger partial charge is 0.341 e. The molecule has 0 saturated carbocycles. The van der Waals surface area contributed by atoms with Crippen molar-refractivity contribution in [2.45, 2.75) is 51.6 Å². The number of fused-ring (bicyclic) bond motifs is 1. The number of benzene rings is 1. The van der Waals surface area contributed by atoms with Gasteiger partial charge >= 0.3 is 5.69 Å². The maximum atomic E-state index is 12.9. The molecule has 1 fully saturated rings. The van der Waals surface area contributed by atoms with E-state index < -0.39 is 0 Å². The summed E-state index contributed by atoms with van der Waals surface area (Å²) >= 11 is 0. The molecule has 132 valence electrons. The lowest BCUT2D eigenvalue weighted by Crippen LogP contribution is -2.41. The minimum Gasteiger partial charge on any atom is -0.341 e. The first-order valence-corrected chi connectivity index (χ1v) is 9.16. The molecule has 0 aliphatic carbocycles. The third-order valence-electron chi connectivity index (χ3n) is 5.29. The van der Waals surface area contributed by atoms with Gasteiger partial charge in [0.1, 0.15) is 11.9 Å². The fourth-order valence-electron chi connectivity index (χ4n) is 3.88. The molecule has 6 heteroatoms. The molecule has 1 atom stereocenters. The van der Waals surface area contributed by atoms with Crippen LogP contribution in [0, 0.1) is 6.92 Å². The molecule has 2 aliphatic rings. The van der Waals surface area contributed by atoms with E-state index in [1.165, 1.54) is 10.2 Å². The van der Waals surface area contributed by atoms with Crippen LogP contribution in [-0.4, -0.2) is 38.2 Å². The lowest BCUT2D eigenvalue weighted by atomic mass is 10.0. The minimum absolute atomic E-state index is 0.0930. The molecule has 2 aliphatic heterocycles. The SMILES string of the molecule is Cc1ccc(Cn2nc3n(c2=O)[C@@H](C(=O)N2CCCC2)CCC3)cc1. The van der Waals surface area contributed by atoms with Crippen molar-refractivity contribution < 1.29 is 4.79 Å². The summed E-state index contributed by atoms with van der Waals surface area (Å²) in [5.41, 5.74) is 2.08. The van der Waals surface area contributed by atoms with Gasteiger partial charge in [-0.1, -0.05) is 29.8 Å². The average Bonchev–Trinajstić information content (AvgIpc) is 3.25. The number of hydrogen-bond donors (Lipinski definition) is 0. The number of rotatable bonds is 3. The standard InChI is InChI=1S/C19H24N4O2/c1-14-7-9-15(10-8-14)13-22-19(25)23-16(5-4-6-17(23)20-22)18(24)21-11-2-3-12-21/h7-10,16H,2-6,11-13H2,1H3/t16-/m1/s1. The summed E-state index contributed by atoms with van der Waals surface area (Å²) in [5.74, 6) is 0.844. The summed E-state index contributed by atoms with van der Waals surface area (Å²) in [5, 5.41) is 4.52. The van der Waals surface area contributed by atoms with Crippen LogP contribution in [0.25, 0.3) is 0 Å². The first-order valence-electron chi connectivity index (χ1n) is 9.16. The van der Waals surface area contributed by atoms with Crippen LogP contribution in [-0.2, 0) is 17.8 Å². The van der Waals surface area contributed by atoms with Crippen molar-refractivity contribution in [2.24, 2.45) is 0 Å². The van der Waals surface area contributed by atoms with E-state index in [4.69, 9.17) is 0 Å². The van der Waals surface area contributed by atoms with Gasteiger partial charge in [-0.05, 0) is 38.2 Å². The molecular weight excluding hydrogens is 316 g/mol. The van der Waals surface area contributed by atoms with Crippen molar-refractivity contribution in [1.29, 1.82) is 0 Å². The summed E-state index contributed by atoms with van der Waals surface area (Å²) in [6.07, 6.45) is 4.53. The molecule has 6 nitrogen and oxygen atoms in total. The third-order valence-corrected chi connectivity index (χ3v) is 5.29. The fraction of sp³-hybridized carbons (Fsp3) is 0.526. The fourth-order valence-corrected chi connectivity index (χ4v) is 3.88. The lowest BCUT2D eigenvalue weighted by Gasteiger charge is -2.27. The Morgan fingerprint density at radius 1 is 1.16 bits per heavy atom. The van der Waals surface area contributed by atoms with Crippen LogP contribution < -0.4 is 5.69 Å². The van der Waals surface area contributed by atoms with Crippen molar-refractivity contribution in [3.8, 4) is 0 Å². The van der Waals surface area contributed by atoms with Crippen LogP contribution in [0.3, 0.4) is 0 Å². The van der Waals surface area contributed by atoms with E-state index in [0.29, 0.717) is 6.54 Å². The van der Waals surface area contributed by atoms with Crippen LogP contribution in [0.5, 0.6) is 0 Å². The molecule has 0 radical (unpaired) electrons. The Balaban J connectivity index is 1.63. The van der Waals surface area contributed by atoms with Gasteiger partial charge in [0, 0.05) is 19.5 Å². The van der Waals surface area contributed by atoms with Crippen molar-refractivity contribution in [1.82, 2.24) is 19.2 Å². The maximum absolute atomic E-state index is 12.9. The van der Waals surface area contributed by atoms with Crippen molar-refractivity contribution in [3.05, 3.63) is 51.7 Å². The van der Waals surface area contributed by atoms with Crippen molar-refractivity contribution in [3.63, 3.8) is 0 Å². The molecule has 0 bridgehead atoms. The first-order chi connectivity index (χ1) is 12.1. The second-order valence-corrected chi connectivity index (χ2v) is 7.15. The summed E-state index contributed by atoms with van der Waals surface area (Å²) < 4.78 is 3.16. The van der Waals surface area contributed by atoms with Gasteiger partial charge in [0.15, 0.2) is 0 Å². The number of hydrogen-bond acceptors (Lipinski definition) is 3. The zero-order valence-electron chi connectivity index (χ0n) is 14.6. The van der Waals surface area contributed by atoms with E-state index in [-0.39, 0.29) is 17.6 Å². The van der Waals surface area contributed by atoms with Gasteiger partial charge in [-0.2, -0.15) is 5.10 Å².